The number of Topliss-reactive ketones (excluding diaryl/α,β-unsaturated/α-hetero) is 1. The average Bonchev–Trinajstić information content (AvgIpc) is 3.02. The molecule has 0 bridgehead atoms. The Kier molecular flexibility index (Phi) is 6.35. The van der Waals surface area contributed by atoms with E-state index >= 15 is 0 Å². The predicted molar refractivity (Wildman–Crippen MR) is 113 cm³/mol. The number of nitrogens with zero attached hydrogens (tertiary/aromatic N) is 5. The highest BCUT2D eigenvalue weighted by molar-refractivity contribution is 7.99. The Labute approximate surface area is 172 Å². The topological polar surface area (TPSA) is 97.1 Å². The van der Waals surface area contributed by atoms with Crippen molar-refractivity contribution in [2.24, 2.45) is 0 Å². The van der Waals surface area contributed by atoms with Crippen LogP contribution in [0, 0.1) is 0 Å². The van der Waals surface area contributed by atoms with Crippen molar-refractivity contribution in [2.45, 2.75) is 44.9 Å². The number of benzene rings is 1. The van der Waals surface area contributed by atoms with Crippen LogP contribution in [0.5, 0.6) is 0 Å². The largest absolute Gasteiger partial charge is 0.353 e. The van der Waals surface area contributed by atoms with Crippen molar-refractivity contribution >= 4 is 46.8 Å². The third-order valence-electron chi connectivity index (χ3n) is 3.58. The number of carbonyl (C=O) groups excluding carboxylic acids is 1. The van der Waals surface area contributed by atoms with E-state index in [1.165, 1.54) is 11.8 Å². The van der Waals surface area contributed by atoms with Crippen LogP contribution in [0.1, 0.15) is 38.1 Å². The van der Waals surface area contributed by atoms with Gasteiger partial charge in [0.1, 0.15) is 0 Å². The minimum atomic E-state index is -0.0178. The summed E-state index contributed by atoms with van der Waals surface area (Å²) in [6.07, 6.45) is 0. The summed E-state index contributed by atoms with van der Waals surface area (Å²) in [7, 11) is 0. The van der Waals surface area contributed by atoms with Crippen LogP contribution in [-0.4, -0.2) is 48.2 Å². The molecule has 0 fully saturated rings. The zero-order valence-corrected chi connectivity index (χ0v) is 17.7. The number of fused-ring (bicyclic) bond motifs is 1. The van der Waals surface area contributed by atoms with Gasteiger partial charge in [-0.1, -0.05) is 23.4 Å². The van der Waals surface area contributed by atoms with Gasteiger partial charge in [-0.2, -0.15) is 9.97 Å². The van der Waals surface area contributed by atoms with Gasteiger partial charge in [0.15, 0.2) is 10.9 Å². The number of nitrogens with one attached hydrogen (secondary N) is 2. The maximum Gasteiger partial charge on any atom is 0.261 e. The van der Waals surface area contributed by atoms with Gasteiger partial charge in [-0.15, -0.1) is 10.2 Å². The summed E-state index contributed by atoms with van der Waals surface area (Å²) < 4.78 is 1.73. The highest BCUT2D eigenvalue weighted by Gasteiger charge is 2.17. The Hall–Kier alpha value is -2.39. The molecular weight excluding hydrogens is 398 g/mol. The van der Waals surface area contributed by atoms with Crippen LogP contribution in [0.3, 0.4) is 0 Å². The zero-order chi connectivity index (χ0) is 20.3. The number of anilines is 2. The number of rotatable bonds is 8. The van der Waals surface area contributed by atoms with E-state index in [2.05, 4.69) is 30.8 Å². The molecule has 0 aliphatic rings. The lowest BCUT2D eigenvalue weighted by atomic mass is 10.1. The minimum Gasteiger partial charge on any atom is -0.353 e. The number of hydrogen-bond acceptors (Lipinski definition) is 8. The van der Waals surface area contributed by atoms with Crippen LogP contribution in [0.4, 0.5) is 11.9 Å². The van der Waals surface area contributed by atoms with Gasteiger partial charge in [0.05, 0.1) is 5.75 Å². The molecule has 0 radical (unpaired) electrons. The Balaban J connectivity index is 1.86. The average molecular weight is 420 g/mol. The number of thioether (sulfide) groups is 1. The van der Waals surface area contributed by atoms with Gasteiger partial charge in [0.25, 0.3) is 5.78 Å². The van der Waals surface area contributed by atoms with Crippen molar-refractivity contribution in [3.8, 4) is 0 Å². The first-order valence-electron chi connectivity index (χ1n) is 8.91. The van der Waals surface area contributed by atoms with Crippen LogP contribution >= 0.6 is 23.4 Å². The number of ketones is 1. The third-order valence-corrected chi connectivity index (χ3v) is 4.76. The molecule has 0 saturated heterocycles. The fourth-order valence-corrected chi connectivity index (χ4v) is 3.36. The molecule has 0 atom stereocenters. The Morgan fingerprint density at radius 1 is 1.07 bits per heavy atom. The molecular formula is C18H22ClN7OS. The molecule has 2 N–H and O–H groups in total. The van der Waals surface area contributed by atoms with Gasteiger partial charge in [-0.3, -0.25) is 4.79 Å². The van der Waals surface area contributed by atoms with E-state index in [1.54, 1.807) is 28.7 Å². The fourth-order valence-electron chi connectivity index (χ4n) is 2.41. The fraction of sp³-hybridized carbons (Fsp3) is 0.389. The normalized spacial score (nSPS) is 11.4. The van der Waals surface area contributed by atoms with Crippen LogP contribution in [-0.2, 0) is 0 Å². The smallest absolute Gasteiger partial charge is 0.261 e. The summed E-state index contributed by atoms with van der Waals surface area (Å²) in [6, 6.07) is 7.17. The van der Waals surface area contributed by atoms with Crippen LogP contribution < -0.4 is 10.6 Å². The Bertz CT molecular complexity index is 972. The third kappa shape index (κ3) is 4.90. The first-order valence-corrected chi connectivity index (χ1v) is 10.3. The van der Waals surface area contributed by atoms with Crippen LogP contribution in [0.25, 0.3) is 5.78 Å². The second-order valence-electron chi connectivity index (χ2n) is 6.81. The van der Waals surface area contributed by atoms with Gasteiger partial charge >= 0.3 is 0 Å². The second-order valence-corrected chi connectivity index (χ2v) is 8.18. The highest BCUT2D eigenvalue weighted by Crippen LogP contribution is 2.23. The van der Waals surface area contributed by atoms with E-state index in [1.807, 2.05) is 27.7 Å². The molecule has 3 aromatic rings. The summed E-state index contributed by atoms with van der Waals surface area (Å²) >= 11 is 7.17. The highest BCUT2D eigenvalue weighted by atomic mass is 35.5. The van der Waals surface area contributed by atoms with Crippen molar-refractivity contribution < 1.29 is 4.79 Å². The van der Waals surface area contributed by atoms with Crippen LogP contribution in [0.15, 0.2) is 29.4 Å². The molecule has 148 valence electrons. The first kappa shape index (κ1) is 20.3. The van der Waals surface area contributed by atoms with Gasteiger partial charge in [0, 0.05) is 22.7 Å². The molecule has 0 saturated carbocycles. The van der Waals surface area contributed by atoms with E-state index in [-0.39, 0.29) is 23.6 Å². The monoisotopic (exact) mass is 419 g/mol. The molecule has 1 aromatic carbocycles. The summed E-state index contributed by atoms with van der Waals surface area (Å²) in [6.45, 7) is 8.06. The second kappa shape index (κ2) is 8.74. The molecule has 0 amide bonds. The molecule has 8 nitrogen and oxygen atoms in total. The van der Waals surface area contributed by atoms with Crippen molar-refractivity contribution in [1.29, 1.82) is 0 Å². The molecule has 0 unspecified atom stereocenters. The summed E-state index contributed by atoms with van der Waals surface area (Å²) in [4.78, 5) is 21.4. The molecule has 2 heterocycles. The van der Waals surface area contributed by atoms with Crippen molar-refractivity contribution in [1.82, 2.24) is 24.6 Å². The SMILES string of the molecule is CC(C)Nc1nc(NC(C)C)n2c(SCC(=O)c3ccc(Cl)cc3)nnc2n1. The molecule has 3 rings (SSSR count). The maximum atomic E-state index is 12.4. The maximum absolute atomic E-state index is 12.4. The lowest BCUT2D eigenvalue weighted by molar-refractivity contribution is 0.102. The number of aromatic nitrogens is 5. The molecule has 0 aliphatic carbocycles. The lowest BCUT2D eigenvalue weighted by Crippen LogP contribution is -2.19. The van der Waals surface area contributed by atoms with Crippen molar-refractivity contribution in [2.75, 3.05) is 16.4 Å². The Morgan fingerprint density at radius 2 is 1.75 bits per heavy atom. The molecule has 0 spiro atoms. The lowest BCUT2D eigenvalue weighted by Gasteiger charge is -2.14. The van der Waals surface area contributed by atoms with Crippen LogP contribution in [0.2, 0.25) is 5.02 Å². The molecule has 0 aliphatic heterocycles. The minimum absolute atomic E-state index is 0.0178. The first-order chi connectivity index (χ1) is 13.3. The van der Waals surface area contributed by atoms with Gasteiger partial charge in [0.2, 0.25) is 11.9 Å². The quantitative estimate of drug-likeness (QED) is 0.420. The molecule has 2 aromatic heterocycles. The van der Waals surface area contributed by atoms with Gasteiger partial charge < -0.3 is 10.6 Å². The van der Waals surface area contributed by atoms with Crippen molar-refractivity contribution in [3.63, 3.8) is 0 Å². The Morgan fingerprint density at radius 3 is 2.39 bits per heavy atom. The number of hydrogen-bond donors (Lipinski definition) is 2. The molecule has 10 heteroatoms. The van der Waals surface area contributed by atoms with E-state index < -0.39 is 0 Å². The summed E-state index contributed by atoms with van der Waals surface area (Å²) in [5.74, 6) is 1.68. The number of carbonyl (C=O) groups is 1. The summed E-state index contributed by atoms with van der Waals surface area (Å²) in [5, 5.41) is 16.0. The standard InChI is InChI=1S/C18H22ClN7OS/c1-10(2)20-15-22-16(21-11(3)4)26-17(23-15)24-25-18(26)28-9-14(27)12-5-7-13(19)8-6-12/h5-8,10-11H,9H2,1-4H3,(H2,20,21,22,23,24). The van der Waals surface area contributed by atoms with Gasteiger partial charge in [-0.05, 0) is 52.0 Å². The molecule has 28 heavy (non-hydrogen) atoms. The van der Waals surface area contributed by atoms with Crippen molar-refractivity contribution in [3.05, 3.63) is 34.9 Å². The van der Waals surface area contributed by atoms with E-state index in [0.29, 0.717) is 33.4 Å². The van der Waals surface area contributed by atoms with E-state index in [9.17, 15) is 4.79 Å². The predicted octanol–water partition coefficient (Wildman–Crippen LogP) is 3.79. The number of halogens is 1. The van der Waals surface area contributed by atoms with E-state index in [4.69, 9.17) is 11.6 Å². The summed E-state index contributed by atoms with van der Waals surface area (Å²) in [5.41, 5.74) is 0.603. The van der Waals surface area contributed by atoms with Gasteiger partial charge in [-0.25, -0.2) is 4.40 Å². The van der Waals surface area contributed by atoms with E-state index in [0.717, 1.165) is 0 Å². The zero-order valence-electron chi connectivity index (χ0n) is 16.1.